The second-order valence-corrected chi connectivity index (χ2v) is 5.15. The van der Waals surface area contributed by atoms with E-state index in [2.05, 4.69) is 4.98 Å². The molecule has 0 spiro atoms. The zero-order valence-corrected chi connectivity index (χ0v) is 10.3. The van der Waals surface area contributed by atoms with Crippen molar-refractivity contribution in [3.05, 3.63) is 56.6 Å². The van der Waals surface area contributed by atoms with Gasteiger partial charge in [-0.15, -0.1) is 11.3 Å². The number of H-pyrrole nitrogens is 1. The van der Waals surface area contributed by atoms with E-state index in [4.69, 9.17) is 0 Å². The number of nitrogens with zero attached hydrogens (tertiary/aromatic N) is 1. The maximum Gasteiger partial charge on any atom is 0.326 e. The number of benzene rings is 1. The number of aromatic amines is 1. The van der Waals surface area contributed by atoms with Gasteiger partial charge in [0.25, 0.3) is 0 Å². The monoisotopic (exact) mass is 244 g/mol. The minimum atomic E-state index is -0.0426. The summed E-state index contributed by atoms with van der Waals surface area (Å²) in [6.45, 7) is 2.67. The Labute approximate surface area is 102 Å². The van der Waals surface area contributed by atoms with Crippen molar-refractivity contribution >= 4 is 22.4 Å². The molecule has 2 heterocycles. The van der Waals surface area contributed by atoms with Crippen molar-refractivity contribution in [2.24, 2.45) is 0 Å². The molecule has 0 aliphatic rings. The Hall–Kier alpha value is -1.81. The molecule has 1 N–H and O–H groups in total. The summed E-state index contributed by atoms with van der Waals surface area (Å²) < 4.78 is 1.79. The molecule has 1 aromatic carbocycles. The van der Waals surface area contributed by atoms with Gasteiger partial charge in [0.1, 0.15) is 0 Å². The molecule has 3 aromatic rings. The van der Waals surface area contributed by atoms with Crippen molar-refractivity contribution in [2.45, 2.75) is 13.5 Å². The largest absolute Gasteiger partial charge is 0.326 e. The Morgan fingerprint density at radius 3 is 3.00 bits per heavy atom. The smallest absolute Gasteiger partial charge is 0.306 e. The molecular formula is C13H12N2OS. The molecule has 0 saturated carbocycles. The van der Waals surface area contributed by atoms with E-state index in [1.165, 1.54) is 4.88 Å². The van der Waals surface area contributed by atoms with Crippen LogP contribution in [-0.2, 0) is 6.54 Å². The van der Waals surface area contributed by atoms with Gasteiger partial charge in [-0.1, -0.05) is 12.1 Å². The Morgan fingerprint density at radius 1 is 1.35 bits per heavy atom. The number of thiophene rings is 1. The highest BCUT2D eigenvalue weighted by atomic mass is 32.1. The summed E-state index contributed by atoms with van der Waals surface area (Å²) in [6.07, 6.45) is 0. The van der Waals surface area contributed by atoms with Gasteiger partial charge in [-0.25, -0.2) is 4.79 Å². The number of hydrogen-bond acceptors (Lipinski definition) is 2. The molecule has 86 valence electrons. The summed E-state index contributed by atoms with van der Waals surface area (Å²) in [5.41, 5.74) is 3.00. The van der Waals surface area contributed by atoms with Gasteiger partial charge in [0.2, 0.25) is 0 Å². The van der Waals surface area contributed by atoms with Crippen molar-refractivity contribution in [1.82, 2.24) is 9.55 Å². The van der Waals surface area contributed by atoms with Crippen LogP contribution in [-0.4, -0.2) is 9.55 Å². The lowest BCUT2D eigenvalue weighted by Crippen LogP contribution is -2.16. The normalized spacial score (nSPS) is 11.1. The molecule has 0 atom stereocenters. The van der Waals surface area contributed by atoms with Crippen molar-refractivity contribution in [1.29, 1.82) is 0 Å². The average Bonchev–Trinajstić information content (AvgIpc) is 2.90. The SMILES string of the molecule is Cc1ccc2[nH]c(=O)n(Cc3cccs3)c2c1. The maximum atomic E-state index is 11.9. The second-order valence-electron chi connectivity index (χ2n) is 4.12. The van der Waals surface area contributed by atoms with Crippen LogP contribution < -0.4 is 5.69 Å². The molecule has 0 radical (unpaired) electrons. The molecule has 0 aliphatic carbocycles. The summed E-state index contributed by atoms with van der Waals surface area (Å²) in [5.74, 6) is 0. The van der Waals surface area contributed by atoms with E-state index in [0.29, 0.717) is 6.54 Å². The Morgan fingerprint density at radius 2 is 2.24 bits per heavy atom. The number of fused-ring (bicyclic) bond motifs is 1. The van der Waals surface area contributed by atoms with Gasteiger partial charge in [-0.05, 0) is 36.1 Å². The standard InChI is InChI=1S/C13H12N2OS/c1-9-4-5-11-12(7-9)15(13(16)14-11)8-10-3-2-6-17-10/h2-7H,8H2,1H3,(H,14,16). The first kappa shape index (κ1) is 10.4. The fraction of sp³-hybridized carbons (Fsp3) is 0.154. The summed E-state index contributed by atoms with van der Waals surface area (Å²) in [4.78, 5) is 16.0. The lowest BCUT2D eigenvalue weighted by molar-refractivity contribution is 0.798. The van der Waals surface area contributed by atoms with E-state index < -0.39 is 0 Å². The van der Waals surface area contributed by atoms with Gasteiger partial charge in [-0.2, -0.15) is 0 Å². The van der Waals surface area contributed by atoms with Crippen LogP contribution in [0.3, 0.4) is 0 Å². The number of nitrogens with one attached hydrogen (secondary N) is 1. The molecule has 0 bridgehead atoms. The third-order valence-electron chi connectivity index (χ3n) is 2.82. The molecular weight excluding hydrogens is 232 g/mol. The lowest BCUT2D eigenvalue weighted by atomic mass is 10.2. The van der Waals surface area contributed by atoms with Crippen molar-refractivity contribution in [3.8, 4) is 0 Å². The van der Waals surface area contributed by atoms with E-state index in [0.717, 1.165) is 16.6 Å². The molecule has 2 aromatic heterocycles. The molecule has 4 heteroatoms. The first-order valence-electron chi connectivity index (χ1n) is 5.45. The maximum absolute atomic E-state index is 11.9. The summed E-state index contributed by atoms with van der Waals surface area (Å²) in [5, 5.41) is 2.03. The summed E-state index contributed by atoms with van der Waals surface area (Å²) >= 11 is 1.67. The van der Waals surface area contributed by atoms with Crippen LogP contribution in [0.5, 0.6) is 0 Å². The predicted octanol–water partition coefficient (Wildman–Crippen LogP) is 2.75. The van der Waals surface area contributed by atoms with Crippen LogP contribution in [0, 0.1) is 6.92 Å². The molecule has 0 aliphatic heterocycles. The molecule has 0 fully saturated rings. The number of imidazole rings is 1. The van der Waals surface area contributed by atoms with Crippen LogP contribution in [0.15, 0.2) is 40.5 Å². The first-order chi connectivity index (χ1) is 8.24. The van der Waals surface area contributed by atoms with Crippen LogP contribution >= 0.6 is 11.3 Å². The van der Waals surface area contributed by atoms with E-state index in [1.807, 2.05) is 42.6 Å². The van der Waals surface area contributed by atoms with E-state index in [-0.39, 0.29) is 5.69 Å². The van der Waals surface area contributed by atoms with E-state index in [9.17, 15) is 4.79 Å². The van der Waals surface area contributed by atoms with E-state index >= 15 is 0 Å². The van der Waals surface area contributed by atoms with Gasteiger partial charge >= 0.3 is 5.69 Å². The summed E-state index contributed by atoms with van der Waals surface area (Å²) in [7, 11) is 0. The van der Waals surface area contributed by atoms with Gasteiger partial charge in [-0.3, -0.25) is 4.57 Å². The third-order valence-corrected chi connectivity index (χ3v) is 3.69. The highest BCUT2D eigenvalue weighted by Gasteiger charge is 2.07. The van der Waals surface area contributed by atoms with Crippen LogP contribution in [0.25, 0.3) is 11.0 Å². The van der Waals surface area contributed by atoms with Gasteiger partial charge < -0.3 is 4.98 Å². The Kier molecular flexibility index (Phi) is 2.37. The van der Waals surface area contributed by atoms with Gasteiger partial charge in [0.05, 0.1) is 17.6 Å². The highest BCUT2D eigenvalue weighted by molar-refractivity contribution is 7.09. The minimum absolute atomic E-state index is 0.0426. The minimum Gasteiger partial charge on any atom is -0.306 e. The second kappa shape index (κ2) is 3.89. The fourth-order valence-corrected chi connectivity index (χ4v) is 2.67. The number of rotatable bonds is 2. The molecule has 0 unspecified atom stereocenters. The quantitative estimate of drug-likeness (QED) is 0.739. The average molecular weight is 244 g/mol. The van der Waals surface area contributed by atoms with Crippen LogP contribution in [0.4, 0.5) is 0 Å². The number of aryl methyl sites for hydroxylation is 1. The zero-order chi connectivity index (χ0) is 11.8. The number of aromatic nitrogens is 2. The van der Waals surface area contributed by atoms with Gasteiger partial charge in [0.15, 0.2) is 0 Å². The highest BCUT2D eigenvalue weighted by Crippen LogP contribution is 2.16. The molecule has 0 saturated heterocycles. The van der Waals surface area contributed by atoms with Crippen molar-refractivity contribution < 1.29 is 0 Å². The predicted molar refractivity (Wildman–Crippen MR) is 70.7 cm³/mol. The van der Waals surface area contributed by atoms with E-state index in [1.54, 1.807) is 15.9 Å². The van der Waals surface area contributed by atoms with Crippen LogP contribution in [0.2, 0.25) is 0 Å². The number of hydrogen-bond donors (Lipinski definition) is 1. The van der Waals surface area contributed by atoms with Crippen molar-refractivity contribution in [3.63, 3.8) is 0 Å². The summed E-state index contributed by atoms with van der Waals surface area (Å²) in [6, 6.07) is 10.1. The van der Waals surface area contributed by atoms with Crippen molar-refractivity contribution in [2.75, 3.05) is 0 Å². The first-order valence-corrected chi connectivity index (χ1v) is 6.33. The zero-order valence-electron chi connectivity index (χ0n) is 9.43. The third kappa shape index (κ3) is 1.80. The molecule has 0 amide bonds. The van der Waals surface area contributed by atoms with Crippen LogP contribution in [0.1, 0.15) is 10.4 Å². The van der Waals surface area contributed by atoms with Gasteiger partial charge in [0, 0.05) is 4.88 Å². The molecule has 17 heavy (non-hydrogen) atoms. The Bertz CT molecular complexity index is 707. The Balaban J connectivity index is 2.17. The molecule has 3 nitrogen and oxygen atoms in total. The fourth-order valence-electron chi connectivity index (χ4n) is 1.98. The topological polar surface area (TPSA) is 37.8 Å². The lowest BCUT2D eigenvalue weighted by Gasteiger charge is -2.01. The molecule has 3 rings (SSSR count).